The zero-order valence-electron chi connectivity index (χ0n) is 12.4. The van der Waals surface area contributed by atoms with E-state index in [0.717, 1.165) is 24.4 Å². The number of nitrogens with zero attached hydrogens (tertiary/aromatic N) is 1. The molecule has 0 saturated heterocycles. The van der Waals surface area contributed by atoms with E-state index >= 15 is 0 Å². The topological polar surface area (TPSA) is 34.2 Å². The molecule has 114 valence electrons. The molecule has 3 nitrogen and oxygen atoms in total. The average Bonchev–Trinajstić information content (AvgIpc) is 2.95. The van der Waals surface area contributed by atoms with Crippen LogP contribution in [0.1, 0.15) is 30.2 Å². The van der Waals surface area contributed by atoms with Gasteiger partial charge in [0.05, 0.1) is 11.6 Å². The number of halogens is 1. The quantitative estimate of drug-likeness (QED) is 0.805. The van der Waals surface area contributed by atoms with Gasteiger partial charge < -0.3 is 10.1 Å². The van der Waals surface area contributed by atoms with E-state index in [-0.39, 0.29) is 5.82 Å². The van der Waals surface area contributed by atoms with Crippen molar-refractivity contribution in [1.82, 2.24) is 10.3 Å². The van der Waals surface area contributed by atoms with Crippen molar-refractivity contribution in [2.45, 2.75) is 39.3 Å². The minimum atomic E-state index is -0.249. The highest BCUT2D eigenvalue weighted by atomic mass is 32.1. The van der Waals surface area contributed by atoms with Crippen LogP contribution in [0.25, 0.3) is 0 Å². The van der Waals surface area contributed by atoms with Crippen LogP contribution >= 0.6 is 11.3 Å². The van der Waals surface area contributed by atoms with E-state index in [0.29, 0.717) is 18.4 Å². The standard InChI is InChI=1S/C16H21FN2OS/c1-3-12(2)18-10-15-11-19-16(21-15)8-9-20-14-6-4-13(17)5-7-14/h4-7,11-12,18H,3,8-10H2,1-2H3. The third-order valence-electron chi connectivity index (χ3n) is 3.24. The van der Waals surface area contributed by atoms with Gasteiger partial charge >= 0.3 is 0 Å². The molecule has 1 aromatic carbocycles. The summed E-state index contributed by atoms with van der Waals surface area (Å²) in [6.07, 6.45) is 3.82. The first-order chi connectivity index (χ1) is 10.2. The minimum absolute atomic E-state index is 0.249. The van der Waals surface area contributed by atoms with E-state index in [9.17, 15) is 4.39 Å². The van der Waals surface area contributed by atoms with Crippen LogP contribution in [0.5, 0.6) is 5.75 Å². The number of aromatic nitrogens is 1. The molecule has 21 heavy (non-hydrogen) atoms. The van der Waals surface area contributed by atoms with Gasteiger partial charge in [-0.05, 0) is 37.6 Å². The van der Waals surface area contributed by atoms with Crippen molar-refractivity contribution in [2.75, 3.05) is 6.61 Å². The fourth-order valence-corrected chi connectivity index (χ4v) is 2.61. The number of hydrogen-bond donors (Lipinski definition) is 1. The molecule has 1 heterocycles. The lowest BCUT2D eigenvalue weighted by Crippen LogP contribution is -2.23. The number of ether oxygens (including phenoxy) is 1. The van der Waals surface area contributed by atoms with Gasteiger partial charge in [-0.2, -0.15) is 0 Å². The summed E-state index contributed by atoms with van der Waals surface area (Å²) in [6, 6.07) is 6.60. The second-order valence-corrected chi connectivity index (χ2v) is 6.16. The molecule has 0 aliphatic heterocycles. The van der Waals surface area contributed by atoms with E-state index in [1.807, 2.05) is 6.20 Å². The largest absolute Gasteiger partial charge is 0.493 e. The zero-order valence-corrected chi connectivity index (χ0v) is 13.3. The van der Waals surface area contributed by atoms with Crippen LogP contribution in [0.15, 0.2) is 30.5 Å². The molecule has 0 radical (unpaired) electrons. The Balaban J connectivity index is 1.73. The summed E-state index contributed by atoms with van der Waals surface area (Å²) in [5, 5.41) is 4.52. The Morgan fingerprint density at radius 3 is 2.81 bits per heavy atom. The molecule has 0 bridgehead atoms. The maximum Gasteiger partial charge on any atom is 0.123 e. The third-order valence-corrected chi connectivity index (χ3v) is 4.29. The molecule has 2 aromatic rings. The first-order valence-electron chi connectivity index (χ1n) is 7.22. The van der Waals surface area contributed by atoms with Crippen LogP contribution in [-0.2, 0) is 13.0 Å². The molecule has 1 atom stereocenters. The van der Waals surface area contributed by atoms with Gasteiger partial charge in [0, 0.05) is 30.1 Å². The Labute approximate surface area is 129 Å². The van der Waals surface area contributed by atoms with E-state index in [1.165, 1.54) is 17.0 Å². The van der Waals surface area contributed by atoms with E-state index < -0.39 is 0 Å². The number of nitrogens with one attached hydrogen (secondary N) is 1. The summed E-state index contributed by atoms with van der Waals surface area (Å²) in [6.45, 7) is 5.77. The second kappa shape index (κ2) is 8.10. The maximum atomic E-state index is 12.8. The average molecular weight is 308 g/mol. The number of hydrogen-bond acceptors (Lipinski definition) is 4. The van der Waals surface area contributed by atoms with Gasteiger partial charge in [0.2, 0.25) is 0 Å². The number of thiazole rings is 1. The van der Waals surface area contributed by atoms with Crippen molar-refractivity contribution in [1.29, 1.82) is 0 Å². The van der Waals surface area contributed by atoms with Crippen molar-refractivity contribution >= 4 is 11.3 Å². The third kappa shape index (κ3) is 5.44. The van der Waals surface area contributed by atoms with Crippen LogP contribution in [0.3, 0.4) is 0 Å². The highest BCUT2D eigenvalue weighted by molar-refractivity contribution is 7.11. The summed E-state index contributed by atoms with van der Waals surface area (Å²) in [5.41, 5.74) is 0. The van der Waals surface area contributed by atoms with Crippen molar-refractivity contribution in [3.05, 3.63) is 46.2 Å². The van der Waals surface area contributed by atoms with Gasteiger partial charge in [0.1, 0.15) is 11.6 Å². The van der Waals surface area contributed by atoms with Gasteiger partial charge in [-0.1, -0.05) is 6.92 Å². The van der Waals surface area contributed by atoms with E-state index in [1.54, 1.807) is 23.5 Å². The minimum Gasteiger partial charge on any atom is -0.493 e. The first kappa shape index (κ1) is 15.9. The van der Waals surface area contributed by atoms with Gasteiger partial charge in [-0.25, -0.2) is 9.37 Å². The molecular formula is C16H21FN2OS. The van der Waals surface area contributed by atoms with Crippen molar-refractivity contribution in [2.24, 2.45) is 0 Å². The molecule has 0 saturated carbocycles. The molecular weight excluding hydrogens is 287 g/mol. The molecule has 0 amide bonds. The molecule has 1 unspecified atom stereocenters. The molecule has 1 aromatic heterocycles. The monoisotopic (exact) mass is 308 g/mol. The first-order valence-corrected chi connectivity index (χ1v) is 8.04. The summed E-state index contributed by atoms with van der Waals surface area (Å²) in [5.74, 6) is 0.437. The Morgan fingerprint density at radius 1 is 1.33 bits per heavy atom. The van der Waals surface area contributed by atoms with Gasteiger partial charge in [0.25, 0.3) is 0 Å². The Morgan fingerprint density at radius 2 is 2.10 bits per heavy atom. The summed E-state index contributed by atoms with van der Waals surface area (Å²) in [7, 11) is 0. The Kier molecular flexibility index (Phi) is 6.14. The smallest absolute Gasteiger partial charge is 0.123 e. The van der Waals surface area contributed by atoms with Crippen molar-refractivity contribution in [3.63, 3.8) is 0 Å². The fraction of sp³-hybridized carbons (Fsp3) is 0.438. The van der Waals surface area contributed by atoms with Gasteiger partial charge in [0.15, 0.2) is 0 Å². The van der Waals surface area contributed by atoms with E-state index in [4.69, 9.17) is 4.74 Å². The summed E-state index contributed by atoms with van der Waals surface area (Å²) < 4.78 is 18.3. The molecule has 2 rings (SSSR count). The summed E-state index contributed by atoms with van der Waals surface area (Å²) >= 11 is 1.71. The molecule has 1 N–H and O–H groups in total. The number of benzene rings is 1. The SMILES string of the molecule is CCC(C)NCc1cnc(CCOc2ccc(F)cc2)s1. The highest BCUT2D eigenvalue weighted by Gasteiger charge is 2.04. The van der Waals surface area contributed by atoms with Crippen LogP contribution in [0.2, 0.25) is 0 Å². The van der Waals surface area contributed by atoms with Crippen LogP contribution in [0.4, 0.5) is 4.39 Å². The lowest BCUT2D eigenvalue weighted by atomic mass is 10.2. The lowest BCUT2D eigenvalue weighted by molar-refractivity contribution is 0.321. The molecule has 0 spiro atoms. The van der Waals surface area contributed by atoms with Crippen molar-refractivity contribution < 1.29 is 9.13 Å². The van der Waals surface area contributed by atoms with E-state index in [2.05, 4.69) is 24.1 Å². The predicted octanol–water partition coefficient (Wildman–Crippen LogP) is 3.79. The fourth-order valence-electron chi connectivity index (χ4n) is 1.75. The number of rotatable bonds is 8. The lowest BCUT2D eigenvalue weighted by Gasteiger charge is -2.08. The highest BCUT2D eigenvalue weighted by Crippen LogP contribution is 2.15. The summed E-state index contributed by atoms with van der Waals surface area (Å²) in [4.78, 5) is 5.65. The van der Waals surface area contributed by atoms with Crippen molar-refractivity contribution in [3.8, 4) is 5.75 Å². The normalized spacial score (nSPS) is 12.3. The van der Waals surface area contributed by atoms with Crippen LogP contribution < -0.4 is 10.1 Å². The molecule has 0 aliphatic carbocycles. The van der Waals surface area contributed by atoms with Gasteiger partial charge in [-0.3, -0.25) is 0 Å². The molecule has 0 fully saturated rings. The molecule has 5 heteroatoms. The van der Waals surface area contributed by atoms with Gasteiger partial charge in [-0.15, -0.1) is 11.3 Å². The maximum absolute atomic E-state index is 12.8. The Hall–Kier alpha value is -1.46. The zero-order chi connectivity index (χ0) is 15.1. The van der Waals surface area contributed by atoms with Crippen LogP contribution in [-0.4, -0.2) is 17.6 Å². The second-order valence-electron chi connectivity index (χ2n) is 4.96. The Bertz CT molecular complexity index is 541. The predicted molar refractivity (Wildman–Crippen MR) is 84.3 cm³/mol. The molecule has 0 aliphatic rings. The van der Waals surface area contributed by atoms with Crippen LogP contribution in [0, 0.1) is 5.82 Å².